The SMILES string of the molecule is CC(C)C1Cc2c(sc3nc(-c4ccccc4)n4cnnc4c23)CO1. The molecule has 0 radical (unpaired) electrons. The molecule has 1 aromatic carbocycles. The zero-order valence-corrected chi connectivity index (χ0v) is 15.0. The van der Waals surface area contributed by atoms with Crippen LogP contribution in [0.15, 0.2) is 36.7 Å². The lowest BCUT2D eigenvalue weighted by molar-refractivity contribution is 0.00203. The summed E-state index contributed by atoms with van der Waals surface area (Å²) in [6.45, 7) is 5.09. The Morgan fingerprint density at radius 1 is 1.24 bits per heavy atom. The van der Waals surface area contributed by atoms with Crippen LogP contribution in [0.5, 0.6) is 0 Å². The van der Waals surface area contributed by atoms with Gasteiger partial charge < -0.3 is 4.74 Å². The van der Waals surface area contributed by atoms with Crippen molar-refractivity contribution in [2.24, 2.45) is 5.92 Å². The summed E-state index contributed by atoms with van der Waals surface area (Å²) in [7, 11) is 0. The van der Waals surface area contributed by atoms with Crippen LogP contribution in [-0.2, 0) is 17.8 Å². The average molecular weight is 350 g/mol. The molecule has 3 aromatic heterocycles. The predicted molar refractivity (Wildman–Crippen MR) is 98.7 cm³/mol. The van der Waals surface area contributed by atoms with Crippen molar-refractivity contribution in [2.75, 3.05) is 0 Å². The first kappa shape index (κ1) is 15.0. The Balaban J connectivity index is 1.78. The fourth-order valence-corrected chi connectivity index (χ4v) is 4.63. The number of fused-ring (bicyclic) bond motifs is 5. The minimum absolute atomic E-state index is 0.252. The lowest BCUT2D eigenvalue weighted by Crippen LogP contribution is -2.26. The van der Waals surface area contributed by atoms with E-state index >= 15 is 0 Å². The van der Waals surface area contributed by atoms with Crippen molar-refractivity contribution in [3.05, 3.63) is 47.1 Å². The molecule has 1 atom stereocenters. The number of ether oxygens (including phenoxy) is 1. The van der Waals surface area contributed by atoms with E-state index in [-0.39, 0.29) is 6.10 Å². The average Bonchev–Trinajstić information content (AvgIpc) is 3.24. The summed E-state index contributed by atoms with van der Waals surface area (Å²) in [5.74, 6) is 1.38. The van der Waals surface area contributed by atoms with Gasteiger partial charge in [0.2, 0.25) is 0 Å². The van der Waals surface area contributed by atoms with Crippen molar-refractivity contribution < 1.29 is 4.74 Å². The van der Waals surface area contributed by atoms with Gasteiger partial charge in [-0.15, -0.1) is 21.5 Å². The lowest BCUT2D eigenvalue weighted by Gasteiger charge is -2.26. The fourth-order valence-electron chi connectivity index (χ4n) is 3.51. The van der Waals surface area contributed by atoms with Crippen molar-refractivity contribution >= 4 is 27.2 Å². The molecule has 0 fully saturated rings. The molecule has 126 valence electrons. The summed E-state index contributed by atoms with van der Waals surface area (Å²) in [5.41, 5.74) is 3.30. The lowest BCUT2D eigenvalue weighted by atomic mass is 9.96. The molecule has 0 spiro atoms. The first-order valence-electron chi connectivity index (χ1n) is 8.53. The van der Waals surface area contributed by atoms with Gasteiger partial charge in [0.25, 0.3) is 0 Å². The van der Waals surface area contributed by atoms with E-state index in [1.807, 2.05) is 22.6 Å². The van der Waals surface area contributed by atoms with Crippen molar-refractivity contribution in [3.63, 3.8) is 0 Å². The topological polar surface area (TPSA) is 52.3 Å². The van der Waals surface area contributed by atoms with Crippen molar-refractivity contribution in [2.45, 2.75) is 33.0 Å². The van der Waals surface area contributed by atoms with Crippen LogP contribution in [0, 0.1) is 5.92 Å². The van der Waals surface area contributed by atoms with E-state index in [0.717, 1.165) is 33.7 Å². The molecule has 1 aliphatic heterocycles. The summed E-state index contributed by atoms with van der Waals surface area (Å²) >= 11 is 1.72. The second-order valence-electron chi connectivity index (χ2n) is 6.81. The van der Waals surface area contributed by atoms with Gasteiger partial charge in [0, 0.05) is 16.9 Å². The van der Waals surface area contributed by atoms with Crippen molar-refractivity contribution in [3.8, 4) is 11.4 Å². The molecule has 0 bridgehead atoms. The first-order chi connectivity index (χ1) is 12.2. The maximum Gasteiger partial charge on any atom is 0.172 e. The molecule has 1 aliphatic rings. The molecule has 0 N–H and O–H groups in total. The van der Waals surface area contributed by atoms with E-state index in [0.29, 0.717) is 12.5 Å². The molecule has 0 amide bonds. The van der Waals surface area contributed by atoms with Crippen LogP contribution in [-0.4, -0.2) is 25.7 Å². The maximum absolute atomic E-state index is 6.04. The Labute approximate surface area is 149 Å². The van der Waals surface area contributed by atoms with Crippen LogP contribution >= 0.6 is 11.3 Å². The number of hydrogen-bond acceptors (Lipinski definition) is 5. The van der Waals surface area contributed by atoms with Gasteiger partial charge in [0.05, 0.1) is 18.1 Å². The summed E-state index contributed by atoms with van der Waals surface area (Å²) in [6.07, 6.45) is 2.93. The van der Waals surface area contributed by atoms with Crippen LogP contribution in [0.2, 0.25) is 0 Å². The number of benzene rings is 1. The molecule has 0 saturated carbocycles. The van der Waals surface area contributed by atoms with E-state index in [1.165, 1.54) is 10.4 Å². The third-order valence-corrected chi connectivity index (χ3v) is 5.99. The standard InChI is InChI=1S/C19H18N4OS/c1-11(2)14-8-13-15(9-24-14)25-19-16(13)18-22-20-10-23(18)17(21-19)12-6-4-3-5-7-12/h3-7,10-11,14H,8-9H2,1-2H3. The number of aromatic nitrogens is 4. The minimum Gasteiger partial charge on any atom is -0.372 e. The third-order valence-electron chi connectivity index (χ3n) is 4.89. The Kier molecular flexibility index (Phi) is 3.36. The molecule has 5 rings (SSSR count). The summed E-state index contributed by atoms with van der Waals surface area (Å²) < 4.78 is 8.05. The van der Waals surface area contributed by atoms with Crippen molar-refractivity contribution in [1.29, 1.82) is 0 Å². The highest BCUT2D eigenvalue weighted by molar-refractivity contribution is 7.19. The minimum atomic E-state index is 0.252. The van der Waals surface area contributed by atoms with E-state index in [9.17, 15) is 0 Å². The van der Waals surface area contributed by atoms with Gasteiger partial charge in [-0.2, -0.15) is 0 Å². The second-order valence-corrected chi connectivity index (χ2v) is 7.89. The number of nitrogens with zero attached hydrogens (tertiary/aromatic N) is 4. The van der Waals surface area contributed by atoms with Gasteiger partial charge in [-0.05, 0) is 11.5 Å². The zero-order valence-electron chi connectivity index (χ0n) is 14.1. The third kappa shape index (κ3) is 2.28. The Morgan fingerprint density at radius 2 is 2.08 bits per heavy atom. The smallest absolute Gasteiger partial charge is 0.172 e. The highest BCUT2D eigenvalue weighted by Crippen LogP contribution is 2.39. The van der Waals surface area contributed by atoms with Gasteiger partial charge in [-0.25, -0.2) is 4.98 Å². The van der Waals surface area contributed by atoms with Crippen LogP contribution < -0.4 is 0 Å². The quantitative estimate of drug-likeness (QED) is 0.546. The molecule has 25 heavy (non-hydrogen) atoms. The monoisotopic (exact) mass is 350 g/mol. The predicted octanol–water partition coefficient (Wildman–Crippen LogP) is 4.10. The molecule has 0 saturated heterocycles. The van der Waals surface area contributed by atoms with Gasteiger partial charge >= 0.3 is 0 Å². The fraction of sp³-hybridized carbons (Fsp3) is 0.316. The molecular weight excluding hydrogens is 332 g/mol. The summed E-state index contributed by atoms with van der Waals surface area (Å²) in [4.78, 5) is 7.26. The van der Waals surface area contributed by atoms with Gasteiger partial charge in [0.15, 0.2) is 5.65 Å². The Morgan fingerprint density at radius 3 is 2.88 bits per heavy atom. The van der Waals surface area contributed by atoms with Crippen LogP contribution in [0.4, 0.5) is 0 Å². The van der Waals surface area contributed by atoms with E-state index < -0.39 is 0 Å². The largest absolute Gasteiger partial charge is 0.372 e. The van der Waals surface area contributed by atoms with E-state index in [4.69, 9.17) is 9.72 Å². The van der Waals surface area contributed by atoms with Crippen molar-refractivity contribution in [1.82, 2.24) is 19.6 Å². The summed E-state index contributed by atoms with van der Waals surface area (Å²) in [5, 5.41) is 9.73. The molecule has 4 heterocycles. The Hall–Kier alpha value is -2.31. The molecular formula is C19H18N4OS. The normalized spacial score (nSPS) is 17.5. The van der Waals surface area contributed by atoms with Gasteiger partial charge in [-0.3, -0.25) is 4.40 Å². The molecule has 1 unspecified atom stereocenters. The molecule has 6 heteroatoms. The van der Waals surface area contributed by atoms with Gasteiger partial charge in [-0.1, -0.05) is 44.2 Å². The highest BCUT2D eigenvalue weighted by atomic mass is 32.1. The second kappa shape index (κ2) is 5.61. The molecule has 0 aliphatic carbocycles. The van der Waals surface area contributed by atoms with Crippen LogP contribution in [0.25, 0.3) is 27.3 Å². The zero-order chi connectivity index (χ0) is 17.0. The highest BCUT2D eigenvalue weighted by Gasteiger charge is 2.28. The van der Waals surface area contributed by atoms with Gasteiger partial charge in [0.1, 0.15) is 17.0 Å². The number of hydrogen-bond donors (Lipinski definition) is 0. The van der Waals surface area contributed by atoms with E-state index in [2.05, 4.69) is 36.2 Å². The molecule has 4 aromatic rings. The maximum atomic E-state index is 6.04. The Bertz CT molecular complexity index is 1070. The van der Waals surface area contributed by atoms with E-state index in [1.54, 1.807) is 17.7 Å². The first-order valence-corrected chi connectivity index (χ1v) is 9.35. The van der Waals surface area contributed by atoms with Crippen LogP contribution in [0.1, 0.15) is 24.3 Å². The number of rotatable bonds is 2. The van der Waals surface area contributed by atoms with Crippen LogP contribution in [0.3, 0.4) is 0 Å². The molecule has 5 nitrogen and oxygen atoms in total. The number of thiophene rings is 1. The summed E-state index contributed by atoms with van der Waals surface area (Å²) in [6, 6.07) is 10.2.